The molecule has 2 amide bonds. The number of amides is 2. The number of likely N-dealkylation sites (tertiary alicyclic amines) is 1. The van der Waals surface area contributed by atoms with Gasteiger partial charge >= 0.3 is 0 Å². The molecule has 1 saturated heterocycles. The molecule has 1 aromatic carbocycles. The summed E-state index contributed by atoms with van der Waals surface area (Å²) in [6.45, 7) is 1.81. The Bertz CT molecular complexity index is 1350. The number of nitrogen functional groups attached to an aromatic ring is 2. The second kappa shape index (κ2) is 9.87. The number of fused-ring (bicyclic) bond motifs is 1. The number of aromatic nitrogens is 4. The number of hydrogen-bond acceptors (Lipinski definition) is 9. The van der Waals surface area contributed by atoms with Crippen LogP contribution in [0.4, 0.5) is 11.6 Å². The number of aryl methyl sites for hydroxylation is 1. The molecule has 7 N–H and O–H groups in total. The lowest BCUT2D eigenvalue weighted by atomic mass is 9.88. The first-order valence-corrected chi connectivity index (χ1v) is 12.8. The number of nitrogens with zero attached hydrogens (tertiary/aromatic N) is 5. The average Bonchev–Trinajstić information content (AvgIpc) is 3.46. The third-order valence-corrected chi connectivity index (χ3v) is 7.50. The standard InChI is InChI=1S/C23H27IN10O2/c24-18-20(26)29-19(25)17(28-18)21(36)30-22-27-12-23(31-22)8-10-34(11-9-23)16(35)7-3-6-15-13-4-1-2-5-14(13)32-33-15/h1-2,4-5H,3,6-12H2,(H,32,33)(H4,25,26,29)(H2,27,30,31,36). The molecule has 0 radical (unpaired) electrons. The fraction of sp³-hybridized carbons (Fsp3) is 0.391. The van der Waals surface area contributed by atoms with Crippen LogP contribution in [0.25, 0.3) is 10.9 Å². The van der Waals surface area contributed by atoms with Gasteiger partial charge in [-0.2, -0.15) is 5.10 Å². The summed E-state index contributed by atoms with van der Waals surface area (Å²) in [4.78, 5) is 39.9. The van der Waals surface area contributed by atoms with Crippen molar-refractivity contribution in [1.82, 2.24) is 35.7 Å². The van der Waals surface area contributed by atoms with Crippen molar-refractivity contribution in [2.45, 2.75) is 37.6 Å². The highest BCUT2D eigenvalue weighted by molar-refractivity contribution is 14.1. The lowest BCUT2D eigenvalue weighted by Crippen LogP contribution is -2.57. The summed E-state index contributed by atoms with van der Waals surface area (Å²) in [6.07, 6.45) is 3.53. The summed E-state index contributed by atoms with van der Waals surface area (Å²) in [5.74, 6) is 0.175. The quantitative estimate of drug-likeness (QED) is 0.270. The first-order chi connectivity index (χ1) is 17.3. The van der Waals surface area contributed by atoms with Crippen LogP contribution < -0.4 is 22.1 Å². The Labute approximate surface area is 220 Å². The smallest absolute Gasteiger partial charge is 0.280 e. The van der Waals surface area contributed by atoms with Crippen LogP contribution in [0.3, 0.4) is 0 Å². The number of piperidine rings is 1. The second-order valence-electron chi connectivity index (χ2n) is 9.11. The molecule has 0 aliphatic carbocycles. The zero-order valence-corrected chi connectivity index (χ0v) is 21.7. The van der Waals surface area contributed by atoms with Gasteiger partial charge in [0.05, 0.1) is 17.6 Å². The fourth-order valence-electron chi connectivity index (χ4n) is 4.65. The Morgan fingerprint density at radius 2 is 1.92 bits per heavy atom. The number of H-pyrrole nitrogens is 1. The minimum Gasteiger partial charge on any atom is -0.382 e. The van der Waals surface area contributed by atoms with Gasteiger partial charge in [0.25, 0.3) is 5.91 Å². The van der Waals surface area contributed by atoms with Gasteiger partial charge in [-0.3, -0.25) is 25.0 Å². The molecule has 1 spiro atoms. The van der Waals surface area contributed by atoms with Gasteiger partial charge in [0.15, 0.2) is 23.3 Å². The van der Waals surface area contributed by atoms with Crippen LogP contribution >= 0.6 is 22.6 Å². The maximum absolute atomic E-state index is 12.8. The zero-order chi connectivity index (χ0) is 25.3. The predicted octanol–water partition coefficient (Wildman–Crippen LogP) is 1.20. The minimum absolute atomic E-state index is 0.00240. The molecule has 0 unspecified atom stereocenters. The SMILES string of the molecule is Nc1nc(N)c(C(=O)NC2=NCC3(CCN(C(=O)CCCc4[nH]nc5ccccc45)CC3)N2)nc1I. The van der Waals surface area contributed by atoms with E-state index in [0.717, 1.165) is 42.3 Å². The molecule has 12 nitrogen and oxygen atoms in total. The van der Waals surface area contributed by atoms with Crippen LogP contribution in [0, 0.1) is 3.70 Å². The molecule has 0 saturated carbocycles. The van der Waals surface area contributed by atoms with E-state index in [1.165, 1.54) is 0 Å². The van der Waals surface area contributed by atoms with Gasteiger partial charge in [-0.15, -0.1) is 0 Å². The molecular weight excluding hydrogens is 575 g/mol. The molecule has 0 atom stereocenters. The van der Waals surface area contributed by atoms with Crippen molar-refractivity contribution in [3.63, 3.8) is 0 Å². The molecular formula is C23H27IN10O2. The highest BCUT2D eigenvalue weighted by Gasteiger charge is 2.40. The summed E-state index contributed by atoms with van der Waals surface area (Å²) >= 11 is 1.90. The number of carbonyl (C=O) groups is 2. The largest absolute Gasteiger partial charge is 0.382 e. The molecule has 0 bridgehead atoms. The molecule has 2 aromatic heterocycles. The number of aromatic amines is 1. The van der Waals surface area contributed by atoms with Crippen molar-refractivity contribution in [2.24, 2.45) is 4.99 Å². The van der Waals surface area contributed by atoms with Crippen molar-refractivity contribution >= 4 is 62.9 Å². The fourth-order valence-corrected chi connectivity index (χ4v) is 5.02. The number of nitrogens with one attached hydrogen (secondary N) is 3. The monoisotopic (exact) mass is 602 g/mol. The number of benzene rings is 1. The second-order valence-corrected chi connectivity index (χ2v) is 10.1. The number of rotatable bonds is 5. The molecule has 5 rings (SSSR count). The number of anilines is 2. The van der Waals surface area contributed by atoms with Gasteiger partial charge in [0.1, 0.15) is 3.70 Å². The Morgan fingerprint density at radius 1 is 1.14 bits per heavy atom. The molecule has 13 heteroatoms. The molecule has 188 valence electrons. The number of aliphatic imine (C=N–C) groups is 1. The summed E-state index contributed by atoms with van der Waals surface area (Å²) in [7, 11) is 0. The maximum Gasteiger partial charge on any atom is 0.280 e. The third-order valence-electron chi connectivity index (χ3n) is 6.71. The summed E-state index contributed by atoms with van der Waals surface area (Å²) < 4.78 is 0.402. The first kappa shape index (κ1) is 24.2. The van der Waals surface area contributed by atoms with Crippen LogP contribution in [0.2, 0.25) is 0 Å². The Kier molecular flexibility index (Phi) is 6.64. The maximum atomic E-state index is 12.8. The molecule has 2 aliphatic rings. The number of carbonyl (C=O) groups excluding carboxylic acids is 2. The third kappa shape index (κ3) is 4.92. The van der Waals surface area contributed by atoms with Gasteiger partial charge in [-0.25, -0.2) is 9.97 Å². The van der Waals surface area contributed by atoms with E-state index in [0.29, 0.717) is 35.7 Å². The van der Waals surface area contributed by atoms with Crippen molar-refractivity contribution in [1.29, 1.82) is 0 Å². The number of hydrogen-bond donors (Lipinski definition) is 5. The van der Waals surface area contributed by atoms with Gasteiger partial charge in [0.2, 0.25) is 5.91 Å². The average molecular weight is 602 g/mol. The summed E-state index contributed by atoms with van der Waals surface area (Å²) in [5, 5.41) is 14.6. The minimum atomic E-state index is -0.501. The van der Waals surface area contributed by atoms with E-state index >= 15 is 0 Å². The van der Waals surface area contributed by atoms with Gasteiger partial charge in [-0.05, 0) is 54.3 Å². The summed E-state index contributed by atoms with van der Waals surface area (Å²) in [5.41, 5.74) is 13.2. The molecule has 2 aliphatic heterocycles. The van der Waals surface area contributed by atoms with E-state index in [4.69, 9.17) is 11.5 Å². The van der Waals surface area contributed by atoms with Crippen molar-refractivity contribution in [3.05, 3.63) is 39.4 Å². The van der Waals surface area contributed by atoms with Gasteiger partial charge in [-0.1, -0.05) is 18.2 Å². The van der Waals surface area contributed by atoms with Crippen LogP contribution in [-0.2, 0) is 11.2 Å². The molecule has 36 heavy (non-hydrogen) atoms. The molecule has 1 fully saturated rings. The number of para-hydroxylation sites is 1. The van der Waals surface area contributed by atoms with Gasteiger partial charge < -0.3 is 21.7 Å². The van der Waals surface area contributed by atoms with Crippen LogP contribution in [0.1, 0.15) is 41.9 Å². The first-order valence-electron chi connectivity index (χ1n) is 11.8. The van der Waals surface area contributed by atoms with Crippen molar-refractivity contribution in [2.75, 3.05) is 31.1 Å². The van der Waals surface area contributed by atoms with Crippen molar-refractivity contribution in [3.8, 4) is 0 Å². The Hall–Kier alpha value is -3.49. The van der Waals surface area contributed by atoms with Crippen molar-refractivity contribution < 1.29 is 9.59 Å². The zero-order valence-electron chi connectivity index (χ0n) is 19.6. The number of halogens is 1. The molecule has 4 heterocycles. The van der Waals surface area contributed by atoms with E-state index in [2.05, 4.69) is 35.8 Å². The van der Waals surface area contributed by atoms with E-state index in [-0.39, 0.29) is 28.8 Å². The highest BCUT2D eigenvalue weighted by Crippen LogP contribution is 2.26. The number of nitrogens with two attached hydrogens (primary N) is 2. The lowest BCUT2D eigenvalue weighted by molar-refractivity contribution is -0.132. The van der Waals surface area contributed by atoms with Gasteiger partial charge in [0, 0.05) is 30.6 Å². The van der Waals surface area contributed by atoms with E-state index in [9.17, 15) is 9.59 Å². The summed E-state index contributed by atoms with van der Waals surface area (Å²) in [6, 6.07) is 7.98. The highest BCUT2D eigenvalue weighted by atomic mass is 127. The van der Waals surface area contributed by atoms with Crippen LogP contribution in [0.15, 0.2) is 29.3 Å². The number of guanidine groups is 1. The molecule has 3 aromatic rings. The van der Waals surface area contributed by atoms with Crippen LogP contribution in [-0.4, -0.2) is 68.0 Å². The lowest BCUT2D eigenvalue weighted by Gasteiger charge is -2.39. The Morgan fingerprint density at radius 3 is 2.72 bits per heavy atom. The topological polar surface area (TPSA) is 180 Å². The predicted molar refractivity (Wildman–Crippen MR) is 144 cm³/mol. The normalized spacial score (nSPS) is 16.7. The van der Waals surface area contributed by atoms with E-state index < -0.39 is 5.91 Å². The van der Waals surface area contributed by atoms with Crippen LogP contribution in [0.5, 0.6) is 0 Å². The Balaban J connectivity index is 1.09. The van der Waals surface area contributed by atoms with E-state index in [1.807, 2.05) is 51.8 Å². The van der Waals surface area contributed by atoms with E-state index in [1.54, 1.807) is 0 Å².